The normalized spacial score (nSPS) is 20.2. The number of carbonyl (C=O) groups is 2. The van der Waals surface area contributed by atoms with Gasteiger partial charge in [0.15, 0.2) is 0 Å². The van der Waals surface area contributed by atoms with Crippen molar-refractivity contribution in [3.63, 3.8) is 0 Å². The summed E-state index contributed by atoms with van der Waals surface area (Å²) in [5, 5.41) is 2.80. The highest BCUT2D eigenvalue weighted by molar-refractivity contribution is 7.89. The predicted molar refractivity (Wildman–Crippen MR) is 128 cm³/mol. The lowest BCUT2D eigenvalue weighted by Crippen LogP contribution is -2.43. The second-order valence-corrected chi connectivity index (χ2v) is 10.5. The van der Waals surface area contributed by atoms with E-state index in [9.17, 15) is 18.0 Å². The van der Waals surface area contributed by atoms with E-state index < -0.39 is 22.0 Å². The number of fused-ring (bicyclic) bond motifs is 1. The SMILES string of the molecule is COc1ccc(OC)c(NC(=O)[C@H]2CCCN2S(=O)(=O)c2ccc3c(c2)C[C@@H](C)N3C(C)=O)c1. The van der Waals surface area contributed by atoms with Gasteiger partial charge in [0, 0.05) is 31.3 Å². The minimum absolute atomic E-state index is 0.0337. The van der Waals surface area contributed by atoms with Crippen molar-refractivity contribution in [2.24, 2.45) is 0 Å². The molecule has 2 aromatic carbocycles. The maximum Gasteiger partial charge on any atom is 0.243 e. The first kappa shape index (κ1) is 24.0. The zero-order chi connectivity index (χ0) is 24.6. The number of nitrogens with one attached hydrogen (secondary N) is 1. The summed E-state index contributed by atoms with van der Waals surface area (Å²) in [5.41, 5.74) is 1.96. The average Bonchev–Trinajstić information content (AvgIpc) is 3.43. The Morgan fingerprint density at radius 2 is 1.85 bits per heavy atom. The summed E-state index contributed by atoms with van der Waals surface area (Å²) in [4.78, 5) is 27.0. The quantitative estimate of drug-likeness (QED) is 0.672. The molecule has 1 saturated heterocycles. The van der Waals surface area contributed by atoms with Crippen LogP contribution in [0.25, 0.3) is 0 Å². The summed E-state index contributed by atoms with van der Waals surface area (Å²) >= 11 is 0. The second kappa shape index (κ2) is 9.27. The Morgan fingerprint density at radius 3 is 2.53 bits per heavy atom. The van der Waals surface area contributed by atoms with Crippen molar-refractivity contribution in [3.05, 3.63) is 42.0 Å². The van der Waals surface area contributed by atoms with Crippen LogP contribution in [0.3, 0.4) is 0 Å². The van der Waals surface area contributed by atoms with Crippen LogP contribution >= 0.6 is 0 Å². The van der Waals surface area contributed by atoms with Crippen molar-refractivity contribution in [1.29, 1.82) is 0 Å². The number of hydrogen-bond acceptors (Lipinski definition) is 6. The number of hydrogen-bond donors (Lipinski definition) is 1. The summed E-state index contributed by atoms with van der Waals surface area (Å²) in [6.07, 6.45) is 1.57. The summed E-state index contributed by atoms with van der Waals surface area (Å²) in [6, 6.07) is 8.96. The molecule has 0 aromatic heterocycles. The Kier molecular flexibility index (Phi) is 6.55. The molecule has 34 heavy (non-hydrogen) atoms. The smallest absolute Gasteiger partial charge is 0.243 e. The van der Waals surface area contributed by atoms with Crippen LogP contribution in [0, 0.1) is 0 Å². The Hall–Kier alpha value is -3.11. The lowest BCUT2D eigenvalue weighted by Gasteiger charge is -2.24. The first-order chi connectivity index (χ1) is 16.2. The number of methoxy groups -OCH3 is 2. The van der Waals surface area contributed by atoms with Gasteiger partial charge in [-0.15, -0.1) is 0 Å². The van der Waals surface area contributed by atoms with Crippen molar-refractivity contribution in [2.45, 2.75) is 50.1 Å². The fourth-order valence-corrected chi connectivity index (χ4v) is 6.51. The van der Waals surface area contributed by atoms with Crippen molar-refractivity contribution < 1.29 is 27.5 Å². The second-order valence-electron chi connectivity index (χ2n) is 8.56. The van der Waals surface area contributed by atoms with E-state index in [0.29, 0.717) is 36.4 Å². The third-order valence-corrected chi connectivity index (χ3v) is 8.29. The molecule has 1 fully saturated rings. The molecule has 1 N–H and O–H groups in total. The van der Waals surface area contributed by atoms with Crippen LogP contribution in [0.1, 0.15) is 32.3 Å². The molecule has 0 saturated carbocycles. The van der Waals surface area contributed by atoms with Crippen LogP contribution in [-0.2, 0) is 26.0 Å². The van der Waals surface area contributed by atoms with Gasteiger partial charge in [0.25, 0.3) is 0 Å². The lowest BCUT2D eigenvalue weighted by molar-refractivity contribution is -0.119. The molecule has 0 radical (unpaired) electrons. The molecule has 4 rings (SSSR count). The maximum atomic E-state index is 13.5. The molecule has 182 valence electrons. The number of benzene rings is 2. The standard InChI is InChI=1S/C24H29N3O6S/c1-15-12-17-13-19(8-9-21(17)27(15)16(2)28)34(30,31)26-11-5-6-22(26)24(29)25-20-14-18(32-3)7-10-23(20)33-4/h7-10,13-15,22H,5-6,11-12H2,1-4H3,(H,25,29)/t15-,22-/m1/s1. The number of amides is 2. The zero-order valence-electron chi connectivity index (χ0n) is 19.7. The Morgan fingerprint density at radius 1 is 1.09 bits per heavy atom. The Labute approximate surface area is 199 Å². The van der Waals surface area contributed by atoms with Gasteiger partial charge in [-0.3, -0.25) is 9.59 Å². The van der Waals surface area contributed by atoms with Crippen molar-refractivity contribution in [2.75, 3.05) is 31.0 Å². The van der Waals surface area contributed by atoms with Crippen LogP contribution in [0.5, 0.6) is 11.5 Å². The molecule has 10 heteroatoms. The highest BCUT2D eigenvalue weighted by Gasteiger charge is 2.40. The van der Waals surface area contributed by atoms with Gasteiger partial charge in [0.05, 0.1) is 24.8 Å². The molecule has 0 unspecified atom stereocenters. The van der Waals surface area contributed by atoms with Gasteiger partial charge in [0.1, 0.15) is 17.5 Å². The van der Waals surface area contributed by atoms with Gasteiger partial charge >= 0.3 is 0 Å². The lowest BCUT2D eigenvalue weighted by atomic mass is 10.1. The molecule has 2 amide bonds. The molecule has 2 heterocycles. The summed E-state index contributed by atoms with van der Waals surface area (Å²) in [5.74, 6) is 0.486. The number of nitrogens with zero attached hydrogens (tertiary/aromatic N) is 2. The average molecular weight is 488 g/mol. The van der Waals surface area contributed by atoms with E-state index >= 15 is 0 Å². The highest BCUT2D eigenvalue weighted by Crippen LogP contribution is 2.36. The Bertz CT molecular complexity index is 1230. The van der Waals surface area contributed by atoms with E-state index in [2.05, 4.69) is 5.32 Å². The van der Waals surface area contributed by atoms with Gasteiger partial charge in [-0.05, 0) is 62.1 Å². The van der Waals surface area contributed by atoms with E-state index in [4.69, 9.17) is 9.47 Å². The minimum Gasteiger partial charge on any atom is -0.497 e. The summed E-state index contributed by atoms with van der Waals surface area (Å²) < 4.78 is 38.9. The Balaban J connectivity index is 1.59. The van der Waals surface area contributed by atoms with Gasteiger partial charge in [0.2, 0.25) is 21.8 Å². The zero-order valence-corrected chi connectivity index (χ0v) is 20.5. The van der Waals surface area contributed by atoms with E-state index in [1.54, 1.807) is 35.2 Å². The topological polar surface area (TPSA) is 105 Å². The summed E-state index contributed by atoms with van der Waals surface area (Å²) in [7, 11) is -0.906. The molecule has 2 aromatic rings. The molecule has 2 aliphatic rings. The molecular weight excluding hydrogens is 458 g/mol. The van der Waals surface area contributed by atoms with Gasteiger partial charge in [-0.2, -0.15) is 4.31 Å². The largest absolute Gasteiger partial charge is 0.497 e. The maximum absolute atomic E-state index is 13.5. The van der Waals surface area contributed by atoms with Crippen LogP contribution in [-0.4, -0.2) is 57.4 Å². The summed E-state index contributed by atoms with van der Waals surface area (Å²) in [6.45, 7) is 3.69. The molecule has 0 bridgehead atoms. The first-order valence-corrected chi connectivity index (χ1v) is 12.6. The minimum atomic E-state index is -3.92. The number of carbonyl (C=O) groups excluding carboxylic acids is 2. The fraction of sp³-hybridized carbons (Fsp3) is 0.417. The predicted octanol–water partition coefficient (Wildman–Crippen LogP) is 2.79. The molecule has 9 nitrogen and oxygen atoms in total. The van der Waals surface area contributed by atoms with E-state index in [1.807, 2.05) is 6.92 Å². The molecule has 0 aliphatic carbocycles. The van der Waals surface area contributed by atoms with Crippen molar-refractivity contribution in [3.8, 4) is 11.5 Å². The molecule has 2 atom stereocenters. The van der Waals surface area contributed by atoms with Crippen LogP contribution in [0.4, 0.5) is 11.4 Å². The highest BCUT2D eigenvalue weighted by atomic mass is 32.2. The fourth-order valence-electron chi connectivity index (χ4n) is 4.80. The van der Waals surface area contributed by atoms with Crippen LogP contribution in [0.15, 0.2) is 41.3 Å². The number of rotatable bonds is 6. The van der Waals surface area contributed by atoms with Gasteiger partial charge < -0.3 is 19.7 Å². The van der Waals surface area contributed by atoms with Crippen LogP contribution in [0.2, 0.25) is 0 Å². The number of sulfonamides is 1. The molecule has 2 aliphatic heterocycles. The van der Waals surface area contributed by atoms with Crippen molar-refractivity contribution in [1.82, 2.24) is 4.31 Å². The van der Waals surface area contributed by atoms with Crippen molar-refractivity contribution >= 4 is 33.2 Å². The van der Waals surface area contributed by atoms with E-state index in [1.165, 1.54) is 31.5 Å². The van der Waals surface area contributed by atoms with E-state index in [-0.39, 0.29) is 23.4 Å². The first-order valence-electron chi connectivity index (χ1n) is 11.1. The number of anilines is 2. The van der Waals surface area contributed by atoms with Gasteiger partial charge in [-0.25, -0.2) is 8.42 Å². The number of ether oxygens (including phenoxy) is 2. The molecule has 0 spiro atoms. The molecular formula is C24H29N3O6S. The third-order valence-electron chi connectivity index (χ3n) is 6.38. The van der Waals surface area contributed by atoms with Gasteiger partial charge in [-0.1, -0.05) is 0 Å². The van der Waals surface area contributed by atoms with E-state index in [0.717, 1.165) is 11.3 Å². The van der Waals surface area contributed by atoms with Crippen LogP contribution < -0.4 is 19.7 Å². The third kappa shape index (κ3) is 4.23. The monoisotopic (exact) mass is 487 g/mol.